The van der Waals surface area contributed by atoms with Crippen molar-refractivity contribution in [3.05, 3.63) is 11.6 Å². The normalized spacial score (nSPS) is 21.1. The minimum Gasteiger partial charge on any atom is -0.383 e. The molecule has 0 aromatic carbocycles. The average molecular weight is 241 g/mol. The van der Waals surface area contributed by atoms with Crippen LogP contribution in [0.4, 0.5) is 0 Å². The van der Waals surface area contributed by atoms with Gasteiger partial charge in [-0.15, -0.1) is 0 Å². The molecule has 0 saturated carbocycles. The van der Waals surface area contributed by atoms with E-state index in [4.69, 9.17) is 9.47 Å². The van der Waals surface area contributed by atoms with Gasteiger partial charge in [0.05, 0.1) is 12.7 Å². The molecule has 0 amide bonds. The third kappa shape index (κ3) is 7.53. The van der Waals surface area contributed by atoms with Gasteiger partial charge in [0.25, 0.3) is 0 Å². The van der Waals surface area contributed by atoms with Crippen LogP contribution in [0.2, 0.25) is 0 Å². The molecule has 1 unspecified atom stereocenters. The first-order valence-corrected chi connectivity index (χ1v) is 6.80. The molecule has 1 atom stereocenters. The Morgan fingerprint density at radius 1 is 1.47 bits per heavy atom. The van der Waals surface area contributed by atoms with Gasteiger partial charge in [0.1, 0.15) is 0 Å². The van der Waals surface area contributed by atoms with Gasteiger partial charge >= 0.3 is 0 Å². The molecule has 100 valence electrons. The maximum Gasteiger partial charge on any atom is 0.0587 e. The van der Waals surface area contributed by atoms with Gasteiger partial charge in [-0.2, -0.15) is 0 Å². The quantitative estimate of drug-likeness (QED) is 0.497. The lowest BCUT2D eigenvalue weighted by Crippen LogP contribution is -2.19. The van der Waals surface area contributed by atoms with Crippen LogP contribution in [0.3, 0.4) is 0 Å². The molecule has 1 rings (SSSR count). The highest BCUT2D eigenvalue weighted by Crippen LogP contribution is 2.19. The Bertz CT molecular complexity index is 210. The summed E-state index contributed by atoms with van der Waals surface area (Å²) in [6.07, 6.45) is 8.86. The van der Waals surface area contributed by atoms with Crippen molar-refractivity contribution in [2.24, 2.45) is 0 Å². The first-order chi connectivity index (χ1) is 8.33. The fourth-order valence-electron chi connectivity index (χ4n) is 2.08. The number of hydrogen-bond donors (Lipinski definition) is 1. The van der Waals surface area contributed by atoms with Gasteiger partial charge in [0.2, 0.25) is 0 Å². The van der Waals surface area contributed by atoms with E-state index in [2.05, 4.69) is 18.3 Å². The number of rotatable bonds is 9. The van der Waals surface area contributed by atoms with E-state index >= 15 is 0 Å². The molecule has 0 aromatic rings. The smallest absolute Gasteiger partial charge is 0.0587 e. The first-order valence-electron chi connectivity index (χ1n) is 6.80. The molecule has 1 aliphatic heterocycles. The Morgan fingerprint density at radius 3 is 3.06 bits per heavy atom. The molecule has 1 N–H and O–H groups in total. The average Bonchev–Trinajstić information content (AvgIpc) is 2.84. The van der Waals surface area contributed by atoms with Crippen LogP contribution in [-0.2, 0) is 9.47 Å². The molecular weight excluding hydrogens is 214 g/mol. The third-order valence-electron chi connectivity index (χ3n) is 3.18. The van der Waals surface area contributed by atoms with E-state index in [1.807, 2.05) is 0 Å². The summed E-state index contributed by atoms with van der Waals surface area (Å²) in [5.41, 5.74) is 1.49. The third-order valence-corrected chi connectivity index (χ3v) is 3.18. The van der Waals surface area contributed by atoms with Crippen molar-refractivity contribution < 1.29 is 9.47 Å². The maximum atomic E-state index is 5.62. The monoisotopic (exact) mass is 241 g/mol. The van der Waals surface area contributed by atoms with Crippen LogP contribution in [0.1, 0.15) is 39.0 Å². The minimum atomic E-state index is 0.526. The summed E-state index contributed by atoms with van der Waals surface area (Å²) < 4.78 is 10.6. The van der Waals surface area contributed by atoms with E-state index in [9.17, 15) is 0 Å². The lowest BCUT2D eigenvalue weighted by Gasteiger charge is -2.09. The van der Waals surface area contributed by atoms with E-state index in [-0.39, 0.29) is 0 Å². The highest BCUT2D eigenvalue weighted by Gasteiger charge is 2.14. The molecule has 0 bridgehead atoms. The molecule has 1 aliphatic rings. The minimum absolute atomic E-state index is 0.526. The molecule has 0 radical (unpaired) electrons. The Labute approximate surface area is 106 Å². The van der Waals surface area contributed by atoms with Crippen LogP contribution in [-0.4, -0.2) is 39.5 Å². The maximum absolute atomic E-state index is 5.62. The SMILES string of the molecule is COCCNCCC=C(C)CCC1CCCO1. The largest absolute Gasteiger partial charge is 0.383 e. The Kier molecular flexibility index (Phi) is 8.32. The second-order valence-electron chi connectivity index (χ2n) is 4.76. The van der Waals surface area contributed by atoms with Gasteiger partial charge in [0, 0.05) is 20.3 Å². The van der Waals surface area contributed by atoms with Gasteiger partial charge in [-0.1, -0.05) is 11.6 Å². The molecular formula is C14H27NO2. The van der Waals surface area contributed by atoms with Gasteiger partial charge < -0.3 is 14.8 Å². The van der Waals surface area contributed by atoms with Crippen molar-refractivity contribution in [2.45, 2.75) is 45.1 Å². The summed E-state index contributed by atoms with van der Waals surface area (Å²) in [6, 6.07) is 0. The van der Waals surface area contributed by atoms with Crippen molar-refractivity contribution in [1.29, 1.82) is 0 Å². The Hall–Kier alpha value is -0.380. The van der Waals surface area contributed by atoms with Gasteiger partial charge in [-0.25, -0.2) is 0 Å². The standard InChI is InChI=1S/C14H27NO2/c1-13(5-3-9-15-10-12-16-2)7-8-14-6-4-11-17-14/h5,14-15H,3-4,6-12H2,1-2H3. The van der Waals surface area contributed by atoms with Crippen LogP contribution in [0.25, 0.3) is 0 Å². The number of allylic oxidation sites excluding steroid dienone is 1. The fraction of sp³-hybridized carbons (Fsp3) is 0.857. The van der Waals surface area contributed by atoms with E-state index in [0.717, 1.165) is 32.7 Å². The fourth-order valence-corrected chi connectivity index (χ4v) is 2.08. The van der Waals surface area contributed by atoms with Gasteiger partial charge in [-0.3, -0.25) is 0 Å². The van der Waals surface area contributed by atoms with Crippen LogP contribution in [0.15, 0.2) is 11.6 Å². The predicted molar refractivity (Wildman–Crippen MR) is 71.3 cm³/mol. The summed E-state index contributed by atoms with van der Waals surface area (Å²) in [4.78, 5) is 0. The van der Waals surface area contributed by atoms with Crippen LogP contribution in [0.5, 0.6) is 0 Å². The molecule has 0 aliphatic carbocycles. The van der Waals surface area contributed by atoms with Crippen molar-refractivity contribution in [3.63, 3.8) is 0 Å². The molecule has 17 heavy (non-hydrogen) atoms. The van der Waals surface area contributed by atoms with Crippen molar-refractivity contribution in [1.82, 2.24) is 5.32 Å². The summed E-state index contributed by atoms with van der Waals surface area (Å²) in [6.45, 7) is 5.97. The number of methoxy groups -OCH3 is 1. The number of nitrogens with one attached hydrogen (secondary N) is 1. The van der Waals surface area contributed by atoms with E-state index in [1.54, 1.807) is 7.11 Å². The molecule has 1 fully saturated rings. The van der Waals surface area contributed by atoms with Crippen LogP contribution in [0, 0.1) is 0 Å². The highest BCUT2D eigenvalue weighted by molar-refractivity contribution is 4.98. The summed E-state index contributed by atoms with van der Waals surface area (Å²) in [5.74, 6) is 0. The molecule has 3 heteroatoms. The van der Waals surface area contributed by atoms with Gasteiger partial charge in [-0.05, 0) is 45.6 Å². The summed E-state index contributed by atoms with van der Waals surface area (Å²) in [5, 5.41) is 3.34. The summed E-state index contributed by atoms with van der Waals surface area (Å²) in [7, 11) is 1.73. The van der Waals surface area contributed by atoms with E-state index in [0.29, 0.717) is 6.10 Å². The molecule has 1 saturated heterocycles. The first kappa shape index (κ1) is 14.7. The molecule has 0 spiro atoms. The van der Waals surface area contributed by atoms with Crippen molar-refractivity contribution in [3.8, 4) is 0 Å². The Balaban J connectivity index is 1.96. The lowest BCUT2D eigenvalue weighted by molar-refractivity contribution is 0.104. The van der Waals surface area contributed by atoms with Crippen LogP contribution >= 0.6 is 0 Å². The topological polar surface area (TPSA) is 30.5 Å². The zero-order valence-electron chi connectivity index (χ0n) is 11.3. The molecule has 1 heterocycles. The number of ether oxygens (including phenoxy) is 2. The Morgan fingerprint density at radius 2 is 2.35 bits per heavy atom. The number of hydrogen-bond acceptors (Lipinski definition) is 3. The summed E-state index contributed by atoms with van der Waals surface area (Å²) >= 11 is 0. The van der Waals surface area contributed by atoms with Crippen molar-refractivity contribution in [2.75, 3.05) is 33.4 Å². The molecule has 0 aromatic heterocycles. The zero-order valence-corrected chi connectivity index (χ0v) is 11.3. The second-order valence-corrected chi connectivity index (χ2v) is 4.76. The predicted octanol–water partition coefficient (Wildman–Crippen LogP) is 2.52. The second kappa shape index (κ2) is 9.63. The van der Waals surface area contributed by atoms with E-state index < -0.39 is 0 Å². The zero-order chi connectivity index (χ0) is 12.3. The lowest BCUT2D eigenvalue weighted by atomic mass is 10.1. The molecule has 3 nitrogen and oxygen atoms in total. The van der Waals surface area contributed by atoms with E-state index in [1.165, 1.54) is 31.3 Å². The van der Waals surface area contributed by atoms with Gasteiger partial charge in [0.15, 0.2) is 0 Å². The van der Waals surface area contributed by atoms with Crippen molar-refractivity contribution >= 4 is 0 Å². The van der Waals surface area contributed by atoms with Crippen LogP contribution < -0.4 is 5.32 Å². The highest BCUT2D eigenvalue weighted by atomic mass is 16.5.